The predicted octanol–water partition coefficient (Wildman–Crippen LogP) is 3.83. The van der Waals surface area contributed by atoms with Gasteiger partial charge in [-0.25, -0.2) is 8.42 Å². The zero-order chi connectivity index (χ0) is 30.8. The van der Waals surface area contributed by atoms with Crippen LogP contribution in [-0.2, 0) is 32.2 Å². The first-order valence-corrected chi connectivity index (χ1v) is 18.4. The Bertz CT molecular complexity index is 2080. The van der Waals surface area contributed by atoms with Gasteiger partial charge < -0.3 is 9.45 Å². The van der Waals surface area contributed by atoms with Crippen molar-refractivity contribution in [2.24, 2.45) is 0 Å². The van der Waals surface area contributed by atoms with Gasteiger partial charge >= 0.3 is 40.9 Å². The molecule has 228 valence electrons. The number of fused-ring (bicyclic) bond motifs is 6. The van der Waals surface area contributed by atoms with E-state index in [-0.39, 0.29) is 42.6 Å². The van der Waals surface area contributed by atoms with E-state index in [9.17, 15) is 21.7 Å². The molecule has 0 amide bonds. The molecule has 1 atom stereocenters. The second-order valence-electron chi connectivity index (χ2n) is 10.3. The summed E-state index contributed by atoms with van der Waals surface area (Å²) in [6, 6.07) is 24.7. The monoisotopic (exact) mass is 689 g/mol. The van der Waals surface area contributed by atoms with E-state index in [0.717, 1.165) is 64.4 Å². The largest absolute Gasteiger partial charge is 1.00 e. The molecule has 45 heavy (non-hydrogen) atoms. The van der Waals surface area contributed by atoms with E-state index in [1.54, 1.807) is 23.1 Å². The van der Waals surface area contributed by atoms with Crippen molar-refractivity contribution in [2.45, 2.75) is 31.2 Å². The van der Waals surface area contributed by atoms with Crippen LogP contribution in [0.2, 0.25) is 0 Å². The zero-order valence-electron chi connectivity index (χ0n) is 24.8. The van der Waals surface area contributed by atoms with E-state index >= 15 is 0 Å². The van der Waals surface area contributed by atoms with Gasteiger partial charge in [0.1, 0.15) is 4.70 Å². The molecule has 0 fully saturated rings. The van der Waals surface area contributed by atoms with Gasteiger partial charge in [0.25, 0.3) is 5.01 Å². The molecule has 8 nitrogen and oxygen atoms in total. The van der Waals surface area contributed by atoms with Crippen molar-refractivity contribution in [3.8, 4) is 0 Å². The average molecular weight is 690 g/mol. The first kappa shape index (κ1) is 34.2. The summed E-state index contributed by atoms with van der Waals surface area (Å²) in [7, 11) is -4.33. The molecule has 0 saturated carbocycles. The smallest absolute Gasteiger partial charge is 0.748 e. The van der Waals surface area contributed by atoms with Gasteiger partial charge in [-0.15, -0.1) is 0 Å². The van der Waals surface area contributed by atoms with E-state index < -0.39 is 27.2 Å². The Hall–Kier alpha value is -2.10. The summed E-state index contributed by atoms with van der Waals surface area (Å²) in [5.74, 6) is -0.422. The summed E-state index contributed by atoms with van der Waals surface area (Å²) in [4.78, 5) is 3.24. The number of thioether (sulfide) groups is 1. The number of hydrogen-bond donors (Lipinski definition) is 1. The van der Waals surface area contributed by atoms with E-state index in [0.29, 0.717) is 13.1 Å². The van der Waals surface area contributed by atoms with Crippen LogP contribution < -0.4 is 39.0 Å². The summed E-state index contributed by atoms with van der Waals surface area (Å²) in [6.45, 7) is 2.94. The Morgan fingerprint density at radius 3 is 2.44 bits per heavy atom. The Labute approximate surface area is 295 Å². The normalized spacial score (nSPS) is 15.2. The van der Waals surface area contributed by atoms with Crippen LogP contribution in [0, 0.1) is 0 Å². The quantitative estimate of drug-likeness (QED) is 0.0965. The first-order chi connectivity index (χ1) is 21.2. The molecule has 5 aromatic rings. The van der Waals surface area contributed by atoms with Crippen molar-refractivity contribution < 1.29 is 60.0 Å². The number of aromatic nitrogens is 1. The minimum Gasteiger partial charge on any atom is -0.748 e. The van der Waals surface area contributed by atoms with Crippen molar-refractivity contribution in [1.82, 2.24) is 0 Å². The number of hydrogen-bond acceptors (Lipinski definition) is 8. The van der Waals surface area contributed by atoms with Gasteiger partial charge in [0.2, 0.25) is 5.52 Å². The maximum atomic E-state index is 11.4. The van der Waals surface area contributed by atoms with Crippen molar-refractivity contribution >= 4 is 88.1 Å². The van der Waals surface area contributed by atoms with Gasteiger partial charge in [0.15, 0.2) is 6.54 Å². The molecular formula is C32H30N2NaO6S4+. The molecule has 1 N–H and O–H groups in total. The second-order valence-corrected chi connectivity index (χ2v) is 14.6. The van der Waals surface area contributed by atoms with Crippen LogP contribution >= 0.6 is 23.1 Å². The second kappa shape index (κ2) is 14.8. The Kier molecular flexibility index (Phi) is 11.2. The number of allylic oxidation sites excluding steroid dienone is 2. The molecule has 13 heteroatoms. The molecule has 0 spiro atoms. The maximum Gasteiger partial charge on any atom is 1.00 e. The minimum atomic E-state index is -4.33. The topological polar surface area (TPSA) is 111 Å². The van der Waals surface area contributed by atoms with E-state index in [4.69, 9.17) is 4.18 Å². The van der Waals surface area contributed by atoms with Crippen LogP contribution in [-0.4, -0.2) is 40.6 Å². The zero-order valence-corrected chi connectivity index (χ0v) is 30.1. The molecule has 1 aliphatic heterocycles. The van der Waals surface area contributed by atoms with Gasteiger partial charge in [-0.1, -0.05) is 84.6 Å². The van der Waals surface area contributed by atoms with E-state index in [1.807, 2.05) is 24.3 Å². The molecule has 6 rings (SSSR count). The molecular weight excluding hydrogens is 660 g/mol. The Morgan fingerprint density at radius 1 is 1.04 bits per heavy atom. The van der Waals surface area contributed by atoms with Crippen LogP contribution in [0.5, 0.6) is 0 Å². The van der Waals surface area contributed by atoms with Gasteiger partial charge in [0.05, 0.1) is 32.8 Å². The van der Waals surface area contributed by atoms with Crippen molar-refractivity contribution in [1.29, 1.82) is 0 Å². The molecule has 0 saturated heterocycles. The van der Waals surface area contributed by atoms with Gasteiger partial charge in [0, 0.05) is 35.1 Å². The number of anilines is 1. The third-order valence-electron chi connectivity index (χ3n) is 7.53. The molecule has 4 aromatic carbocycles. The van der Waals surface area contributed by atoms with Gasteiger partial charge in [-0.3, -0.25) is 8.74 Å². The summed E-state index contributed by atoms with van der Waals surface area (Å²) in [5, 5.41) is 6.30. The van der Waals surface area contributed by atoms with Crippen LogP contribution in [0.1, 0.15) is 24.8 Å². The third kappa shape index (κ3) is 7.73. The molecule has 2 heterocycles. The molecule has 1 unspecified atom stereocenters. The molecule has 1 aromatic heterocycles. The molecule has 0 aliphatic carbocycles. The molecule has 1 aliphatic rings. The van der Waals surface area contributed by atoms with Crippen LogP contribution in [0.25, 0.3) is 37.8 Å². The maximum absolute atomic E-state index is 11.4. The van der Waals surface area contributed by atoms with Crippen LogP contribution in [0.3, 0.4) is 0 Å². The number of nitrogens with zero attached hydrogens (tertiary/aromatic N) is 2. The molecule has 0 bridgehead atoms. The summed E-state index contributed by atoms with van der Waals surface area (Å²) in [5.41, 5.74) is 3.13. The SMILES string of the molecule is CCC(=Cc1sc2ccc3ccccc3c2[n+]1CCCS(=O)(=O)[O-])C=C1Sc2ccc3ccccc3c2N1CCOS(=O)O.[Na+]. The predicted molar refractivity (Wildman–Crippen MR) is 179 cm³/mol. The number of thiazole rings is 1. The Balaban J connectivity index is 0.00000400. The third-order valence-corrected chi connectivity index (χ3v) is 10.9. The van der Waals surface area contributed by atoms with Gasteiger partial charge in [-0.05, 0) is 47.0 Å². The summed E-state index contributed by atoms with van der Waals surface area (Å²) >= 11 is 0.927. The van der Waals surface area contributed by atoms with Crippen molar-refractivity contribution in [2.75, 3.05) is 23.8 Å². The fraction of sp³-hybridized carbons (Fsp3) is 0.219. The standard InChI is InChI=1S/C32H30N2O6S4.Na/c1-2-22(21-30-34(17-18-40-43(35)36)32-26-11-6-4-9-24(26)13-15-28(32)42-30)20-29-33(16-7-19-44(37,38)39)31-25-10-5-3-8-23(25)12-14-27(31)41-29;/h3-6,8-15,20-21H,2,7,16-19H2,1H3,(H-,35,36,37,38,39);/q;+1. The van der Waals surface area contributed by atoms with Crippen LogP contribution in [0.4, 0.5) is 5.69 Å². The van der Waals surface area contributed by atoms with Crippen molar-refractivity contribution in [3.05, 3.63) is 94.5 Å². The number of rotatable bonds is 11. The van der Waals surface area contributed by atoms with Crippen LogP contribution in [0.15, 0.2) is 94.4 Å². The number of benzene rings is 4. The van der Waals surface area contributed by atoms with E-state index in [2.05, 4.69) is 77.1 Å². The van der Waals surface area contributed by atoms with E-state index in [1.165, 1.54) is 0 Å². The number of aryl methyl sites for hydroxylation is 1. The minimum absolute atomic E-state index is 0. The first-order valence-electron chi connectivity index (χ1n) is 14.1. The van der Waals surface area contributed by atoms with Gasteiger partial charge in [-0.2, -0.15) is 8.78 Å². The summed E-state index contributed by atoms with van der Waals surface area (Å²) < 4.78 is 63.0. The average Bonchev–Trinajstić information content (AvgIpc) is 3.53. The van der Waals surface area contributed by atoms with Crippen molar-refractivity contribution in [3.63, 3.8) is 0 Å². The fourth-order valence-electron chi connectivity index (χ4n) is 5.57. The Morgan fingerprint density at radius 2 is 1.73 bits per heavy atom. The summed E-state index contributed by atoms with van der Waals surface area (Å²) in [6.07, 6.45) is 5.23. The molecule has 0 radical (unpaired) electrons. The fourth-order valence-corrected chi connectivity index (χ4v) is 8.63.